The Hall–Kier alpha value is -1.32. The molecule has 2 rings (SSSR count). The van der Waals surface area contributed by atoms with E-state index in [0.717, 1.165) is 16.7 Å². The third-order valence-corrected chi connectivity index (χ3v) is 3.89. The number of benzene rings is 2. The lowest BCUT2D eigenvalue weighted by Crippen LogP contribution is -1.87. The molecule has 18 heavy (non-hydrogen) atoms. The Bertz CT molecular complexity index is 571. The average molecular weight is 281 g/mol. The van der Waals surface area contributed by atoms with Gasteiger partial charge in [-0.2, -0.15) is 0 Å². The number of hydrogen-bond acceptors (Lipinski definition) is 2. The number of thioether (sulfide) groups is 1. The van der Waals surface area contributed by atoms with Crippen LogP contribution in [0, 0.1) is 5.82 Å². The van der Waals surface area contributed by atoms with Crippen LogP contribution in [0.1, 0.15) is 15.9 Å². The van der Waals surface area contributed by atoms with E-state index in [-0.39, 0.29) is 5.02 Å². The molecule has 0 fully saturated rings. The van der Waals surface area contributed by atoms with Gasteiger partial charge in [-0.05, 0) is 23.8 Å². The van der Waals surface area contributed by atoms with Crippen LogP contribution in [0.2, 0.25) is 5.02 Å². The van der Waals surface area contributed by atoms with Gasteiger partial charge in [0.05, 0.1) is 5.02 Å². The fourth-order valence-corrected chi connectivity index (χ4v) is 2.73. The second-order valence-corrected chi connectivity index (χ2v) is 5.12. The first-order valence-electron chi connectivity index (χ1n) is 5.31. The zero-order valence-corrected chi connectivity index (χ0v) is 11.0. The lowest BCUT2D eigenvalue weighted by Gasteiger charge is -2.05. The summed E-state index contributed by atoms with van der Waals surface area (Å²) in [7, 11) is 0. The van der Waals surface area contributed by atoms with Crippen molar-refractivity contribution >= 4 is 29.6 Å². The summed E-state index contributed by atoms with van der Waals surface area (Å²) in [6.07, 6.45) is 0.805. The van der Waals surface area contributed by atoms with Gasteiger partial charge in [-0.25, -0.2) is 4.39 Å². The van der Waals surface area contributed by atoms with E-state index in [9.17, 15) is 9.18 Å². The van der Waals surface area contributed by atoms with Gasteiger partial charge in [0.15, 0.2) is 0 Å². The highest BCUT2D eigenvalue weighted by atomic mass is 35.5. The Kier molecular flexibility index (Phi) is 4.39. The van der Waals surface area contributed by atoms with Gasteiger partial charge < -0.3 is 0 Å². The summed E-state index contributed by atoms with van der Waals surface area (Å²) >= 11 is 7.39. The van der Waals surface area contributed by atoms with E-state index in [1.54, 1.807) is 24.3 Å². The molecule has 92 valence electrons. The van der Waals surface area contributed by atoms with Gasteiger partial charge in [0.25, 0.3) is 0 Å². The summed E-state index contributed by atoms with van der Waals surface area (Å²) in [5, 5.41) is 0.163. The second-order valence-electron chi connectivity index (χ2n) is 3.69. The maximum atomic E-state index is 13.2. The van der Waals surface area contributed by atoms with Gasteiger partial charge in [-0.15, -0.1) is 11.8 Å². The molecule has 0 bridgehead atoms. The molecule has 0 saturated heterocycles. The van der Waals surface area contributed by atoms with Crippen LogP contribution < -0.4 is 0 Å². The molecule has 0 spiro atoms. The average Bonchev–Trinajstić information content (AvgIpc) is 2.41. The first kappa shape index (κ1) is 13.1. The lowest BCUT2D eigenvalue weighted by atomic mass is 10.2. The molecule has 2 aromatic carbocycles. The Morgan fingerprint density at radius 3 is 2.78 bits per heavy atom. The number of aldehydes is 1. The minimum Gasteiger partial charge on any atom is -0.298 e. The van der Waals surface area contributed by atoms with Crippen LogP contribution in [-0.4, -0.2) is 6.29 Å². The molecule has 0 saturated carbocycles. The van der Waals surface area contributed by atoms with Gasteiger partial charge in [0.2, 0.25) is 0 Å². The minimum atomic E-state index is -0.406. The van der Waals surface area contributed by atoms with Crippen molar-refractivity contribution in [1.29, 1.82) is 0 Å². The van der Waals surface area contributed by atoms with E-state index in [0.29, 0.717) is 11.3 Å². The van der Waals surface area contributed by atoms with Crippen molar-refractivity contribution < 1.29 is 9.18 Å². The van der Waals surface area contributed by atoms with Gasteiger partial charge in [-0.3, -0.25) is 4.79 Å². The van der Waals surface area contributed by atoms with Gasteiger partial charge >= 0.3 is 0 Å². The molecular formula is C14H10ClFOS. The standard InChI is InChI=1S/C14H10ClFOS/c15-14-11(4-2-6-13(14)16)9-18-12-5-1-3-10(7-12)8-17/h1-8H,9H2. The van der Waals surface area contributed by atoms with Gasteiger partial charge in [-0.1, -0.05) is 35.9 Å². The van der Waals surface area contributed by atoms with Crippen molar-refractivity contribution in [2.75, 3.05) is 0 Å². The fourth-order valence-electron chi connectivity index (χ4n) is 1.50. The van der Waals surface area contributed by atoms with Crippen molar-refractivity contribution in [2.24, 2.45) is 0 Å². The predicted molar refractivity (Wildman–Crippen MR) is 72.8 cm³/mol. The number of rotatable bonds is 4. The van der Waals surface area contributed by atoms with Crippen LogP contribution in [-0.2, 0) is 5.75 Å². The highest BCUT2D eigenvalue weighted by Gasteiger charge is 2.06. The predicted octanol–water partition coefficient (Wildman–Crippen LogP) is 4.58. The van der Waals surface area contributed by atoms with Crippen molar-refractivity contribution in [3.63, 3.8) is 0 Å². The highest BCUT2D eigenvalue weighted by molar-refractivity contribution is 7.98. The summed E-state index contributed by atoms with van der Waals surface area (Å²) in [6, 6.07) is 12.0. The summed E-state index contributed by atoms with van der Waals surface area (Å²) in [5.74, 6) is 0.162. The summed E-state index contributed by atoms with van der Waals surface area (Å²) < 4.78 is 13.2. The molecule has 0 radical (unpaired) electrons. The van der Waals surface area contributed by atoms with E-state index in [1.165, 1.54) is 17.8 Å². The van der Waals surface area contributed by atoms with Crippen LogP contribution in [0.5, 0.6) is 0 Å². The van der Waals surface area contributed by atoms with E-state index in [4.69, 9.17) is 11.6 Å². The molecule has 0 heterocycles. The zero-order chi connectivity index (χ0) is 13.0. The molecule has 0 atom stereocenters. The van der Waals surface area contributed by atoms with Crippen molar-refractivity contribution in [3.8, 4) is 0 Å². The van der Waals surface area contributed by atoms with E-state index in [1.807, 2.05) is 12.1 Å². The van der Waals surface area contributed by atoms with Crippen LogP contribution in [0.15, 0.2) is 47.4 Å². The Labute approximate surface area is 114 Å². The molecule has 0 aliphatic carbocycles. The normalized spacial score (nSPS) is 10.3. The van der Waals surface area contributed by atoms with Crippen LogP contribution in [0.3, 0.4) is 0 Å². The topological polar surface area (TPSA) is 17.1 Å². The third kappa shape index (κ3) is 3.12. The zero-order valence-electron chi connectivity index (χ0n) is 9.40. The number of halogens is 2. The Morgan fingerprint density at radius 1 is 1.22 bits per heavy atom. The summed E-state index contributed by atoms with van der Waals surface area (Å²) in [4.78, 5) is 11.6. The number of hydrogen-bond donors (Lipinski definition) is 0. The number of carbonyl (C=O) groups is 1. The molecule has 1 nitrogen and oxygen atoms in total. The molecule has 0 unspecified atom stereocenters. The molecular weight excluding hydrogens is 271 g/mol. The molecule has 0 aromatic heterocycles. The largest absolute Gasteiger partial charge is 0.298 e. The smallest absolute Gasteiger partial charge is 0.150 e. The molecule has 0 aliphatic heterocycles. The monoisotopic (exact) mass is 280 g/mol. The first-order chi connectivity index (χ1) is 8.70. The van der Waals surface area contributed by atoms with Gasteiger partial charge in [0, 0.05) is 16.2 Å². The van der Waals surface area contributed by atoms with E-state index < -0.39 is 5.82 Å². The molecule has 0 amide bonds. The SMILES string of the molecule is O=Cc1cccc(SCc2cccc(F)c2Cl)c1. The third-order valence-electron chi connectivity index (χ3n) is 2.42. The molecule has 2 aromatic rings. The summed E-state index contributed by atoms with van der Waals surface area (Å²) in [5.41, 5.74) is 1.38. The Balaban J connectivity index is 2.11. The van der Waals surface area contributed by atoms with E-state index >= 15 is 0 Å². The second kappa shape index (κ2) is 6.03. The van der Waals surface area contributed by atoms with E-state index in [2.05, 4.69) is 0 Å². The molecule has 4 heteroatoms. The summed E-state index contributed by atoms with van der Waals surface area (Å²) in [6.45, 7) is 0. The maximum Gasteiger partial charge on any atom is 0.150 e. The minimum absolute atomic E-state index is 0.163. The van der Waals surface area contributed by atoms with Crippen molar-refractivity contribution in [1.82, 2.24) is 0 Å². The Morgan fingerprint density at radius 2 is 2.00 bits per heavy atom. The molecule has 0 N–H and O–H groups in total. The molecule has 0 aliphatic rings. The first-order valence-corrected chi connectivity index (χ1v) is 6.68. The quantitative estimate of drug-likeness (QED) is 0.602. The van der Waals surface area contributed by atoms with Crippen LogP contribution in [0.25, 0.3) is 0 Å². The highest BCUT2D eigenvalue weighted by Crippen LogP contribution is 2.28. The van der Waals surface area contributed by atoms with Crippen molar-refractivity contribution in [3.05, 3.63) is 64.4 Å². The fraction of sp³-hybridized carbons (Fsp3) is 0.0714. The van der Waals surface area contributed by atoms with Gasteiger partial charge in [0.1, 0.15) is 12.1 Å². The van der Waals surface area contributed by atoms with Crippen molar-refractivity contribution in [2.45, 2.75) is 10.6 Å². The lowest BCUT2D eigenvalue weighted by molar-refractivity contribution is 0.112. The number of carbonyl (C=O) groups excluding carboxylic acids is 1. The van der Waals surface area contributed by atoms with Crippen LogP contribution in [0.4, 0.5) is 4.39 Å². The maximum absolute atomic E-state index is 13.2. The van der Waals surface area contributed by atoms with Crippen LogP contribution >= 0.6 is 23.4 Å².